The van der Waals surface area contributed by atoms with Crippen molar-refractivity contribution in [2.45, 2.75) is 31.9 Å². The summed E-state index contributed by atoms with van der Waals surface area (Å²) in [5.74, 6) is 1.64. The number of fused-ring (bicyclic) bond motifs is 1. The van der Waals surface area contributed by atoms with E-state index in [1.54, 1.807) is 18.2 Å². The molecule has 5 heteroatoms. The van der Waals surface area contributed by atoms with Crippen LogP contribution in [0.1, 0.15) is 32.1 Å². The lowest BCUT2D eigenvalue weighted by Gasteiger charge is -1.97. The van der Waals surface area contributed by atoms with Crippen LogP contribution in [0.25, 0.3) is 11.1 Å². The number of benzene rings is 1. The molecule has 2 aromatic rings. The molecular weight excluding hydrogens is 248 g/mol. The maximum absolute atomic E-state index is 11.8. The molecule has 1 aromatic carbocycles. The van der Waals surface area contributed by atoms with Crippen LogP contribution < -0.4 is 5.73 Å². The summed E-state index contributed by atoms with van der Waals surface area (Å²) in [6, 6.07) is 5.33. The molecule has 1 heterocycles. The number of unbranched alkanes of at least 4 members (excludes halogenated alkanes) is 2. The third-order valence-corrected chi connectivity index (χ3v) is 4.03. The summed E-state index contributed by atoms with van der Waals surface area (Å²) in [5, 5.41) is 0. The van der Waals surface area contributed by atoms with Gasteiger partial charge in [0.15, 0.2) is 5.58 Å². The maximum Gasteiger partial charge on any atom is 0.208 e. The van der Waals surface area contributed by atoms with Crippen LogP contribution in [0.4, 0.5) is 5.69 Å². The second kappa shape index (κ2) is 6.00. The van der Waals surface area contributed by atoms with Gasteiger partial charge in [-0.2, -0.15) is 0 Å². The standard InChI is InChI=1S/C13H18N2O2S/c1-2-3-4-7-18(16)9-13-15-11-8-10(14)5-6-12(11)17-13/h5-6,8H,2-4,7,9,14H2,1H3. The highest BCUT2D eigenvalue weighted by atomic mass is 32.2. The second-order valence-electron chi connectivity index (χ2n) is 4.33. The Morgan fingerprint density at radius 2 is 2.22 bits per heavy atom. The predicted molar refractivity (Wildman–Crippen MR) is 74.7 cm³/mol. The summed E-state index contributed by atoms with van der Waals surface area (Å²) in [7, 11) is -0.892. The highest BCUT2D eigenvalue weighted by Gasteiger charge is 2.09. The van der Waals surface area contributed by atoms with Crippen LogP contribution >= 0.6 is 0 Å². The monoisotopic (exact) mass is 266 g/mol. The van der Waals surface area contributed by atoms with Crippen molar-refractivity contribution < 1.29 is 8.63 Å². The number of nitrogens with two attached hydrogens (primary N) is 1. The van der Waals surface area contributed by atoms with Crippen molar-refractivity contribution >= 4 is 27.6 Å². The minimum Gasteiger partial charge on any atom is -0.440 e. The Labute approximate surface area is 109 Å². The van der Waals surface area contributed by atoms with Gasteiger partial charge in [-0.15, -0.1) is 0 Å². The molecule has 0 aliphatic heterocycles. The molecule has 2 N–H and O–H groups in total. The smallest absolute Gasteiger partial charge is 0.208 e. The molecule has 0 aliphatic carbocycles. The Morgan fingerprint density at radius 1 is 1.39 bits per heavy atom. The third-order valence-electron chi connectivity index (χ3n) is 2.72. The summed E-state index contributed by atoms with van der Waals surface area (Å²) in [6.45, 7) is 2.13. The molecule has 2 rings (SSSR count). The molecule has 18 heavy (non-hydrogen) atoms. The first kappa shape index (κ1) is 13.1. The van der Waals surface area contributed by atoms with E-state index in [2.05, 4.69) is 11.9 Å². The lowest BCUT2D eigenvalue weighted by Crippen LogP contribution is -2.01. The summed E-state index contributed by atoms with van der Waals surface area (Å²) in [6.07, 6.45) is 3.26. The van der Waals surface area contributed by atoms with Gasteiger partial charge in [-0.3, -0.25) is 4.21 Å². The zero-order valence-electron chi connectivity index (χ0n) is 10.5. The number of hydrogen-bond donors (Lipinski definition) is 1. The van der Waals surface area contributed by atoms with Gasteiger partial charge >= 0.3 is 0 Å². The first-order chi connectivity index (χ1) is 8.69. The maximum atomic E-state index is 11.8. The van der Waals surface area contributed by atoms with E-state index >= 15 is 0 Å². The molecule has 0 saturated heterocycles. The molecule has 0 fully saturated rings. The summed E-state index contributed by atoms with van der Waals surface area (Å²) in [5.41, 5.74) is 7.76. The first-order valence-corrected chi connectivity index (χ1v) is 7.67. The van der Waals surface area contributed by atoms with Gasteiger partial charge in [0.05, 0.1) is 0 Å². The highest BCUT2D eigenvalue weighted by Crippen LogP contribution is 2.19. The van der Waals surface area contributed by atoms with E-state index in [0.29, 0.717) is 28.7 Å². The summed E-state index contributed by atoms with van der Waals surface area (Å²) >= 11 is 0. The van der Waals surface area contributed by atoms with Crippen LogP contribution in [-0.2, 0) is 16.6 Å². The number of rotatable bonds is 6. The van der Waals surface area contributed by atoms with Gasteiger partial charge in [0, 0.05) is 22.2 Å². The van der Waals surface area contributed by atoms with Gasteiger partial charge in [0.1, 0.15) is 11.3 Å². The molecule has 1 aromatic heterocycles. The molecule has 1 atom stereocenters. The Hall–Kier alpha value is -1.36. The molecule has 0 spiro atoms. The van der Waals surface area contributed by atoms with Crippen molar-refractivity contribution in [2.24, 2.45) is 0 Å². The Bertz CT molecular complexity index is 551. The fourth-order valence-electron chi connectivity index (χ4n) is 1.78. The van der Waals surface area contributed by atoms with Gasteiger partial charge in [-0.05, 0) is 24.6 Å². The Balaban J connectivity index is 2.01. The number of hydrogen-bond acceptors (Lipinski definition) is 4. The topological polar surface area (TPSA) is 69.1 Å². The molecular formula is C13H18N2O2S. The minimum atomic E-state index is -0.892. The normalized spacial score (nSPS) is 12.9. The third kappa shape index (κ3) is 3.32. The predicted octanol–water partition coefficient (Wildman–Crippen LogP) is 2.85. The van der Waals surface area contributed by atoms with E-state index in [1.807, 2.05) is 0 Å². The molecule has 98 valence electrons. The number of anilines is 1. The minimum absolute atomic E-state index is 0.387. The Kier molecular flexibility index (Phi) is 4.36. The SMILES string of the molecule is CCCCCS(=O)Cc1nc2cc(N)ccc2o1. The summed E-state index contributed by atoms with van der Waals surface area (Å²) < 4.78 is 17.4. The zero-order valence-corrected chi connectivity index (χ0v) is 11.3. The molecule has 0 radical (unpaired) electrons. The van der Waals surface area contributed by atoms with Crippen LogP contribution in [0.15, 0.2) is 22.6 Å². The van der Waals surface area contributed by atoms with Crippen molar-refractivity contribution in [1.82, 2.24) is 4.98 Å². The van der Waals surface area contributed by atoms with Gasteiger partial charge in [0.25, 0.3) is 0 Å². The van der Waals surface area contributed by atoms with Crippen LogP contribution in [0, 0.1) is 0 Å². The second-order valence-corrected chi connectivity index (χ2v) is 5.91. The lowest BCUT2D eigenvalue weighted by molar-refractivity contribution is 0.552. The van der Waals surface area contributed by atoms with Crippen LogP contribution in [0.5, 0.6) is 0 Å². The average Bonchev–Trinajstić information content (AvgIpc) is 2.70. The van der Waals surface area contributed by atoms with Crippen LogP contribution in [0.2, 0.25) is 0 Å². The van der Waals surface area contributed by atoms with Crippen molar-refractivity contribution in [3.8, 4) is 0 Å². The van der Waals surface area contributed by atoms with Crippen molar-refractivity contribution in [2.75, 3.05) is 11.5 Å². The average molecular weight is 266 g/mol. The Morgan fingerprint density at radius 3 is 3.00 bits per heavy atom. The molecule has 1 unspecified atom stereocenters. The number of oxazole rings is 1. The molecule has 0 amide bonds. The van der Waals surface area contributed by atoms with Gasteiger partial charge in [-0.1, -0.05) is 19.8 Å². The largest absolute Gasteiger partial charge is 0.440 e. The number of nitrogens with zero attached hydrogens (tertiary/aromatic N) is 1. The fraction of sp³-hybridized carbons (Fsp3) is 0.462. The van der Waals surface area contributed by atoms with Crippen LogP contribution in [0.3, 0.4) is 0 Å². The van der Waals surface area contributed by atoms with Crippen molar-refractivity contribution in [3.05, 3.63) is 24.1 Å². The zero-order chi connectivity index (χ0) is 13.0. The van der Waals surface area contributed by atoms with Gasteiger partial charge in [-0.25, -0.2) is 4.98 Å². The van der Waals surface area contributed by atoms with Gasteiger partial charge in [0.2, 0.25) is 5.89 Å². The van der Waals surface area contributed by atoms with Crippen molar-refractivity contribution in [1.29, 1.82) is 0 Å². The van der Waals surface area contributed by atoms with E-state index in [4.69, 9.17) is 10.2 Å². The van der Waals surface area contributed by atoms with E-state index in [0.717, 1.165) is 24.8 Å². The quantitative estimate of drug-likeness (QED) is 0.644. The molecule has 0 bridgehead atoms. The molecule has 4 nitrogen and oxygen atoms in total. The van der Waals surface area contributed by atoms with E-state index in [9.17, 15) is 4.21 Å². The van der Waals surface area contributed by atoms with Gasteiger partial charge < -0.3 is 10.2 Å². The highest BCUT2D eigenvalue weighted by molar-refractivity contribution is 7.84. The number of nitrogen functional groups attached to an aromatic ring is 1. The first-order valence-electron chi connectivity index (χ1n) is 6.19. The molecule has 0 saturated carbocycles. The fourth-order valence-corrected chi connectivity index (χ4v) is 2.85. The van der Waals surface area contributed by atoms with E-state index in [-0.39, 0.29) is 0 Å². The molecule has 0 aliphatic rings. The van der Waals surface area contributed by atoms with Crippen LogP contribution in [-0.4, -0.2) is 14.9 Å². The van der Waals surface area contributed by atoms with E-state index in [1.165, 1.54) is 0 Å². The van der Waals surface area contributed by atoms with E-state index < -0.39 is 10.8 Å². The lowest BCUT2D eigenvalue weighted by atomic mass is 10.3. The number of aromatic nitrogens is 1. The summed E-state index contributed by atoms with van der Waals surface area (Å²) in [4.78, 5) is 4.30. The van der Waals surface area contributed by atoms with Crippen molar-refractivity contribution in [3.63, 3.8) is 0 Å².